The normalized spacial score (nSPS) is 12.4. The van der Waals surface area contributed by atoms with Crippen LogP contribution in [0.3, 0.4) is 0 Å². The second-order valence-electron chi connectivity index (χ2n) is 4.59. The number of nitrogen functional groups attached to an aromatic ring is 1. The second kappa shape index (κ2) is 5.83. The third-order valence-corrected chi connectivity index (χ3v) is 3.62. The van der Waals surface area contributed by atoms with Crippen molar-refractivity contribution in [3.63, 3.8) is 0 Å². The first-order chi connectivity index (χ1) is 8.97. The third-order valence-electron chi connectivity index (χ3n) is 3.03. The lowest BCUT2D eigenvalue weighted by Gasteiger charge is -2.15. The maximum Gasteiger partial charge on any atom is 0.0850 e. The van der Waals surface area contributed by atoms with Crippen LogP contribution >= 0.6 is 23.2 Å². The van der Waals surface area contributed by atoms with Gasteiger partial charge in [0, 0.05) is 27.7 Å². The quantitative estimate of drug-likeness (QED) is 0.835. The Morgan fingerprint density at radius 1 is 1.16 bits per heavy atom. The molecule has 4 heteroatoms. The fourth-order valence-corrected chi connectivity index (χ4v) is 2.48. The lowest BCUT2D eigenvalue weighted by Crippen LogP contribution is -2.05. The van der Waals surface area contributed by atoms with Crippen LogP contribution < -0.4 is 5.73 Å². The summed E-state index contributed by atoms with van der Waals surface area (Å²) in [5.41, 5.74) is 9.01. The van der Waals surface area contributed by atoms with Gasteiger partial charge in [-0.3, -0.25) is 0 Å². The Morgan fingerprint density at radius 2 is 1.89 bits per heavy atom. The molecule has 0 radical (unpaired) electrons. The standard InChI is InChI=1S/C15H15Cl2NO/c1-9-2-3-10(13(17)6-9)7-15(19)12-5-4-11(16)8-14(12)18/h2-6,8,15,19H,7,18H2,1H3. The second-order valence-corrected chi connectivity index (χ2v) is 5.43. The van der Waals surface area contributed by atoms with Crippen LogP contribution in [0.4, 0.5) is 5.69 Å². The van der Waals surface area contributed by atoms with Gasteiger partial charge < -0.3 is 10.8 Å². The molecule has 0 aliphatic carbocycles. The Kier molecular flexibility index (Phi) is 4.35. The molecule has 2 aromatic carbocycles. The zero-order valence-electron chi connectivity index (χ0n) is 10.5. The van der Waals surface area contributed by atoms with Crippen molar-refractivity contribution in [2.45, 2.75) is 19.4 Å². The first kappa shape index (κ1) is 14.2. The topological polar surface area (TPSA) is 46.2 Å². The fraction of sp³-hybridized carbons (Fsp3) is 0.200. The van der Waals surface area contributed by atoms with Crippen LogP contribution in [0.25, 0.3) is 0 Å². The SMILES string of the molecule is Cc1ccc(CC(O)c2ccc(Cl)cc2N)c(Cl)c1. The van der Waals surface area contributed by atoms with Crippen LogP contribution in [0.5, 0.6) is 0 Å². The summed E-state index contributed by atoms with van der Waals surface area (Å²) in [6.07, 6.45) is -0.275. The van der Waals surface area contributed by atoms with Crippen LogP contribution in [-0.2, 0) is 6.42 Å². The molecule has 2 nitrogen and oxygen atoms in total. The predicted octanol–water partition coefficient (Wildman–Crippen LogP) is 4.16. The van der Waals surface area contributed by atoms with Gasteiger partial charge in [0.2, 0.25) is 0 Å². The van der Waals surface area contributed by atoms with Crippen LogP contribution in [0.1, 0.15) is 22.8 Å². The highest BCUT2D eigenvalue weighted by Crippen LogP contribution is 2.28. The minimum atomic E-state index is -0.697. The van der Waals surface area contributed by atoms with Gasteiger partial charge in [0.05, 0.1) is 6.10 Å². The summed E-state index contributed by atoms with van der Waals surface area (Å²) in [5.74, 6) is 0. The minimum absolute atomic E-state index is 0.422. The number of hydrogen-bond acceptors (Lipinski definition) is 2. The predicted molar refractivity (Wildman–Crippen MR) is 80.7 cm³/mol. The van der Waals surface area contributed by atoms with Gasteiger partial charge in [-0.25, -0.2) is 0 Å². The van der Waals surface area contributed by atoms with Gasteiger partial charge in [-0.2, -0.15) is 0 Å². The number of rotatable bonds is 3. The summed E-state index contributed by atoms with van der Waals surface area (Å²) in [7, 11) is 0. The Bertz CT molecular complexity index is 599. The lowest BCUT2D eigenvalue weighted by molar-refractivity contribution is 0.179. The molecule has 100 valence electrons. The van der Waals surface area contributed by atoms with Crippen molar-refractivity contribution in [2.24, 2.45) is 0 Å². The molecule has 0 aliphatic heterocycles. The Hall–Kier alpha value is -1.22. The van der Waals surface area contributed by atoms with E-state index < -0.39 is 6.10 Å². The molecule has 0 saturated heterocycles. The van der Waals surface area contributed by atoms with Gasteiger partial charge in [-0.1, -0.05) is 41.4 Å². The molecule has 2 rings (SSSR count). The summed E-state index contributed by atoms with van der Waals surface area (Å²) in [4.78, 5) is 0. The Morgan fingerprint density at radius 3 is 2.53 bits per heavy atom. The highest BCUT2D eigenvalue weighted by Gasteiger charge is 2.14. The zero-order valence-corrected chi connectivity index (χ0v) is 12.0. The molecule has 3 N–H and O–H groups in total. The Labute approximate surface area is 122 Å². The smallest absolute Gasteiger partial charge is 0.0850 e. The van der Waals surface area contributed by atoms with E-state index in [2.05, 4.69) is 0 Å². The van der Waals surface area contributed by atoms with Crippen molar-refractivity contribution >= 4 is 28.9 Å². The molecule has 1 atom stereocenters. The van der Waals surface area contributed by atoms with Gasteiger partial charge in [-0.15, -0.1) is 0 Å². The summed E-state index contributed by atoms with van der Waals surface area (Å²) in [6.45, 7) is 1.98. The number of nitrogens with two attached hydrogens (primary N) is 1. The molecule has 0 aliphatic rings. The molecule has 19 heavy (non-hydrogen) atoms. The molecule has 1 unspecified atom stereocenters. The van der Waals surface area contributed by atoms with Crippen LogP contribution in [0.15, 0.2) is 36.4 Å². The van der Waals surface area contributed by atoms with Gasteiger partial charge in [0.1, 0.15) is 0 Å². The van der Waals surface area contributed by atoms with Crippen molar-refractivity contribution in [1.29, 1.82) is 0 Å². The number of hydrogen-bond donors (Lipinski definition) is 2. The van der Waals surface area contributed by atoms with E-state index in [0.29, 0.717) is 27.7 Å². The van der Waals surface area contributed by atoms with Gasteiger partial charge in [-0.05, 0) is 36.2 Å². The van der Waals surface area contributed by atoms with Crippen molar-refractivity contribution in [2.75, 3.05) is 5.73 Å². The third kappa shape index (κ3) is 3.41. The summed E-state index contributed by atoms with van der Waals surface area (Å²) in [5, 5.41) is 11.5. The molecule has 0 fully saturated rings. The van der Waals surface area contributed by atoms with E-state index in [-0.39, 0.29) is 0 Å². The zero-order chi connectivity index (χ0) is 14.0. The van der Waals surface area contributed by atoms with E-state index in [1.165, 1.54) is 0 Å². The van der Waals surface area contributed by atoms with E-state index in [1.807, 2.05) is 25.1 Å². The number of aliphatic hydroxyl groups excluding tert-OH is 1. The maximum atomic E-state index is 10.3. The van der Waals surface area contributed by atoms with Crippen molar-refractivity contribution in [3.05, 3.63) is 63.1 Å². The molecule has 0 spiro atoms. The monoisotopic (exact) mass is 295 g/mol. The lowest BCUT2D eigenvalue weighted by atomic mass is 9.99. The molecule has 0 heterocycles. The van der Waals surface area contributed by atoms with Crippen molar-refractivity contribution in [1.82, 2.24) is 0 Å². The van der Waals surface area contributed by atoms with Crippen LogP contribution in [0, 0.1) is 6.92 Å². The van der Waals surface area contributed by atoms with Gasteiger partial charge >= 0.3 is 0 Å². The average molecular weight is 296 g/mol. The molecular weight excluding hydrogens is 281 g/mol. The summed E-state index contributed by atoms with van der Waals surface area (Å²) in [6, 6.07) is 10.9. The minimum Gasteiger partial charge on any atom is -0.398 e. The number of halogens is 2. The number of benzene rings is 2. The first-order valence-corrected chi connectivity index (χ1v) is 6.71. The fourth-order valence-electron chi connectivity index (χ4n) is 1.99. The molecular formula is C15H15Cl2NO. The summed E-state index contributed by atoms with van der Waals surface area (Å²) >= 11 is 12.0. The number of aliphatic hydroxyl groups is 1. The molecule has 0 amide bonds. The molecule has 2 aromatic rings. The first-order valence-electron chi connectivity index (χ1n) is 5.95. The average Bonchev–Trinajstić information content (AvgIpc) is 2.32. The molecule has 0 saturated carbocycles. The van der Waals surface area contributed by atoms with E-state index >= 15 is 0 Å². The van der Waals surface area contributed by atoms with Crippen molar-refractivity contribution < 1.29 is 5.11 Å². The van der Waals surface area contributed by atoms with Crippen LogP contribution in [-0.4, -0.2) is 5.11 Å². The highest BCUT2D eigenvalue weighted by molar-refractivity contribution is 6.31. The van der Waals surface area contributed by atoms with E-state index in [1.54, 1.807) is 18.2 Å². The molecule has 0 aromatic heterocycles. The molecule has 0 bridgehead atoms. The number of aryl methyl sites for hydroxylation is 1. The number of anilines is 1. The van der Waals surface area contributed by atoms with E-state index in [4.69, 9.17) is 28.9 Å². The maximum absolute atomic E-state index is 10.3. The summed E-state index contributed by atoms with van der Waals surface area (Å²) < 4.78 is 0. The van der Waals surface area contributed by atoms with Gasteiger partial charge in [0.15, 0.2) is 0 Å². The highest BCUT2D eigenvalue weighted by atomic mass is 35.5. The van der Waals surface area contributed by atoms with E-state index in [9.17, 15) is 5.11 Å². The van der Waals surface area contributed by atoms with Gasteiger partial charge in [0.25, 0.3) is 0 Å². The Balaban J connectivity index is 2.23. The largest absolute Gasteiger partial charge is 0.398 e. The van der Waals surface area contributed by atoms with Crippen LogP contribution in [0.2, 0.25) is 10.0 Å². The van der Waals surface area contributed by atoms with Crippen molar-refractivity contribution in [3.8, 4) is 0 Å². The van der Waals surface area contributed by atoms with E-state index in [0.717, 1.165) is 11.1 Å².